The van der Waals surface area contributed by atoms with E-state index >= 15 is 0 Å². The molecule has 5 nitrogen and oxygen atoms in total. The smallest absolute Gasteiger partial charge is 0.242 e. The lowest BCUT2D eigenvalue weighted by Gasteiger charge is -2.11. The third-order valence-corrected chi connectivity index (χ3v) is 6.65. The molecule has 1 heterocycles. The Bertz CT molecular complexity index is 981. The van der Waals surface area contributed by atoms with Crippen LogP contribution in [0.3, 0.4) is 0 Å². The molecule has 0 aliphatic carbocycles. The fourth-order valence-corrected chi connectivity index (χ4v) is 4.25. The third kappa shape index (κ3) is 4.46. The summed E-state index contributed by atoms with van der Waals surface area (Å²) in [7, 11) is 1.62. The second-order valence-electron chi connectivity index (χ2n) is 6.14. The minimum absolute atomic E-state index is 0.0160. The van der Waals surface area contributed by atoms with Gasteiger partial charge in [-0.3, -0.25) is 14.5 Å². The van der Waals surface area contributed by atoms with Crippen LogP contribution in [0.15, 0.2) is 41.4 Å². The summed E-state index contributed by atoms with van der Waals surface area (Å²) < 4.78 is 0. The van der Waals surface area contributed by atoms with Crippen molar-refractivity contribution in [2.75, 3.05) is 12.4 Å². The standard InChI is InChI=1S/C19H16Cl3N3O2S/c1-10-11(20)5-3-7-13(10)23-16(26)9-15-18(27)25(2)19(28-15)24-14-8-4-6-12(21)17(14)22/h3-8,15H,9H2,1-2H3,(H,23,26). The number of carbonyl (C=O) groups excluding carboxylic acids is 2. The van der Waals surface area contributed by atoms with Crippen molar-refractivity contribution in [3.63, 3.8) is 0 Å². The number of nitrogens with zero attached hydrogens (tertiary/aromatic N) is 2. The Balaban J connectivity index is 1.73. The van der Waals surface area contributed by atoms with Gasteiger partial charge in [-0.1, -0.05) is 58.7 Å². The van der Waals surface area contributed by atoms with E-state index in [1.54, 1.807) is 43.4 Å². The van der Waals surface area contributed by atoms with E-state index in [0.717, 1.165) is 5.56 Å². The number of aliphatic imine (C=N–C) groups is 1. The summed E-state index contributed by atoms with van der Waals surface area (Å²) in [5.41, 5.74) is 1.87. The summed E-state index contributed by atoms with van der Waals surface area (Å²) >= 11 is 19.5. The number of halogens is 3. The van der Waals surface area contributed by atoms with Crippen LogP contribution in [0, 0.1) is 6.92 Å². The Morgan fingerprint density at radius 3 is 2.61 bits per heavy atom. The molecule has 0 bridgehead atoms. The van der Waals surface area contributed by atoms with Crippen LogP contribution in [-0.2, 0) is 9.59 Å². The minimum atomic E-state index is -0.568. The van der Waals surface area contributed by atoms with E-state index in [1.807, 2.05) is 6.92 Å². The van der Waals surface area contributed by atoms with Gasteiger partial charge in [0.05, 0.1) is 15.7 Å². The van der Waals surface area contributed by atoms with Gasteiger partial charge in [0.25, 0.3) is 0 Å². The van der Waals surface area contributed by atoms with Crippen molar-refractivity contribution in [2.24, 2.45) is 4.99 Å². The maximum absolute atomic E-state index is 12.5. The molecule has 1 atom stereocenters. The minimum Gasteiger partial charge on any atom is -0.326 e. The lowest BCUT2D eigenvalue weighted by molar-refractivity contribution is -0.127. The first kappa shape index (κ1) is 21.0. The molecular formula is C19H16Cl3N3O2S. The molecule has 2 amide bonds. The number of amides is 2. The average Bonchev–Trinajstić information content (AvgIpc) is 2.91. The van der Waals surface area contributed by atoms with Crippen molar-refractivity contribution >= 4 is 74.9 Å². The van der Waals surface area contributed by atoms with Crippen molar-refractivity contribution in [3.8, 4) is 0 Å². The summed E-state index contributed by atoms with van der Waals surface area (Å²) in [6, 6.07) is 10.4. The molecule has 0 radical (unpaired) electrons. The van der Waals surface area contributed by atoms with Crippen LogP contribution < -0.4 is 5.32 Å². The van der Waals surface area contributed by atoms with Crippen molar-refractivity contribution in [1.82, 2.24) is 4.90 Å². The quantitative estimate of drug-likeness (QED) is 0.656. The van der Waals surface area contributed by atoms with Crippen LogP contribution in [0.1, 0.15) is 12.0 Å². The Labute approximate surface area is 182 Å². The summed E-state index contributed by atoms with van der Waals surface area (Å²) in [6.45, 7) is 1.82. The topological polar surface area (TPSA) is 61.8 Å². The number of nitrogens with one attached hydrogen (secondary N) is 1. The summed E-state index contributed by atoms with van der Waals surface area (Å²) in [4.78, 5) is 30.8. The van der Waals surface area contributed by atoms with Crippen LogP contribution in [0.4, 0.5) is 11.4 Å². The molecule has 146 valence electrons. The molecule has 1 unspecified atom stereocenters. The Hall–Kier alpha value is -1.73. The zero-order valence-corrected chi connectivity index (χ0v) is 18.1. The Morgan fingerprint density at radius 1 is 1.18 bits per heavy atom. The van der Waals surface area contributed by atoms with Gasteiger partial charge >= 0.3 is 0 Å². The van der Waals surface area contributed by atoms with Gasteiger partial charge < -0.3 is 5.32 Å². The third-order valence-electron chi connectivity index (χ3n) is 4.20. The molecule has 0 spiro atoms. The molecule has 9 heteroatoms. The van der Waals surface area contributed by atoms with Gasteiger partial charge in [0.2, 0.25) is 11.8 Å². The molecule has 2 aromatic rings. The van der Waals surface area contributed by atoms with Gasteiger partial charge in [0.15, 0.2) is 5.17 Å². The van der Waals surface area contributed by atoms with Gasteiger partial charge in [-0.05, 0) is 36.8 Å². The van der Waals surface area contributed by atoms with Crippen LogP contribution in [0.25, 0.3) is 0 Å². The maximum Gasteiger partial charge on any atom is 0.242 e. The van der Waals surface area contributed by atoms with E-state index in [4.69, 9.17) is 34.8 Å². The van der Waals surface area contributed by atoms with Crippen LogP contribution >= 0.6 is 46.6 Å². The number of anilines is 1. The monoisotopic (exact) mass is 455 g/mol. The van der Waals surface area contributed by atoms with E-state index in [9.17, 15) is 9.59 Å². The maximum atomic E-state index is 12.5. The Morgan fingerprint density at radius 2 is 1.86 bits per heavy atom. The molecule has 1 aliphatic heterocycles. The molecule has 0 saturated carbocycles. The molecule has 1 fully saturated rings. The van der Waals surface area contributed by atoms with Crippen molar-refractivity contribution in [2.45, 2.75) is 18.6 Å². The predicted octanol–water partition coefficient (Wildman–Crippen LogP) is 5.55. The zero-order chi connectivity index (χ0) is 20.4. The number of hydrogen-bond donors (Lipinski definition) is 1. The van der Waals surface area contributed by atoms with E-state index in [0.29, 0.717) is 31.6 Å². The van der Waals surface area contributed by atoms with E-state index in [1.165, 1.54) is 16.7 Å². The summed E-state index contributed by atoms with van der Waals surface area (Å²) in [6.07, 6.45) is 0.0160. The fourth-order valence-electron chi connectivity index (χ4n) is 2.59. The average molecular weight is 457 g/mol. The normalized spacial score (nSPS) is 18.0. The zero-order valence-electron chi connectivity index (χ0n) is 15.0. The lowest BCUT2D eigenvalue weighted by atomic mass is 10.2. The molecule has 0 aromatic heterocycles. The number of rotatable bonds is 4. The van der Waals surface area contributed by atoms with Gasteiger partial charge in [0, 0.05) is 24.2 Å². The lowest BCUT2D eigenvalue weighted by Crippen LogP contribution is -2.30. The van der Waals surface area contributed by atoms with E-state index in [2.05, 4.69) is 10.3 Å². The molecule has 3 rings (SSSR count). The molecule has 2 aromatic carbocycles. The fraction of sp³-hybridized carbons (Fsp3) is 0.211. The molecule has 1 saturated heterocycles. The number of hydrogen-bond acceptors (Lipinski definition) is 4. The molecule has 1 aliphatic rings. The van der Waals surface area contributed by atoms with Crippen LogP contribution in [-0.4, -0.2) is 34.2 Å². The number of thioether (sulfide) groups is 1. The van der Waals surface area contributed by atoms with E-state index in [-0.39, 0.29) is 18.2 Å². The van der Waals surface area contributed by atoms with Crippen LogP contribution in [0.5, 0.6) is 0 Å². The first-order chi connectivity index (χ1) is 13.3. The van der Waals surface area contributed by atoms with Gasteiger partial charge in [-0.2, -0.15) is 0 Å². The highest BCUT2D eigenvalue weighted by atomic mass is 35.5. The SMILES string of the molecule is Cc1c(Cl)cccc1NC(=O)CC1SC(=Nc2cccc(Cl)c2Cl)N(C)C1=O. The van der Waals surface area contributed by atoms with E-state index < -0.39 is 5.25 Å². The highest BCUT2D eigenvalue weighted by molar-refractivity contribution is 8.15. The number of benzene rings is 2. The summed E-state index contributed by atoms with van der Waals surface area (Å²) in [5, 5.41) is 3.97. The molecule has 1 N–H and O–H groups in total. The molecule has 28 heavy (non-hydrogen) atoms. The number of carbonyl (C=O) groups is 2. The largest absolute Gasteiger partial charge is 0.326 e. The van der Waals surface area contributed by atoms with Gasteiger partial charge in [-0.15, -0.1) is 0 Å². The first-order valence-corrected chi connectivity index (χ1v) is 10.3. The second kappa shape index (κ2) is 8.74. The Kier molecular flexibility index (Phi) is 6.55. The summed E-state index contributed by atoms with van der Waals surface area (Å²) in [5.74, 6) is -0.466. The van der Waals surface area contributed by atoms with Crippen molar-refractivity contribution in [1.29, 1.82) is 0 Å². The van der Waals surface area contributed by atoms with Gasteiger partial charge in [0.1, 0.15) is 5.25 Å². The van der Waals surface area contributed by atoms with Crippen molar-refractivity contribution in [3.05, 3.63) is 57.0 Å². The highest BCUT2D eigenvalue weighted by Gasteiger charge is 2.37. The second-order valence-corrected chi connectivity index (χ2v) is 8.50. The van der Waals surface area contributed by atoms with Gasteiger partial charge in [-0.25, -0.2) is 4.99 Å². The molecular weight excluding hydrogens is 441 g/mol. The predicted molar refractivity (Wildman–Crippen MR) is 117 cm³/mol. The van der Waals surface area contributed by atoms with Crippen molar-refractivity contribution < 1.29 is 9.59 Å². The number of amidine groups is 1. The highest BCUT2D eigenvalue weighted by Crippen LogP contribution is 2.36. The first-order valence-electron chi connectivity index (χ1n) is 8.30. The van der Waals surface area contributed by atoms with Crippen LogP contribution in [0.2, 0.25) is 15.1 Å².